The van der Waals surface area contributed by atoms with Crippen LogP contribution in [0.5, 0.6) is 0 Å². The molecule has 1 aromatic heterocycles. The molecular weight excluding hydrogens is 366 g/mol. The number of nitrogens with one attached hydrogen (secondary N) is 2. The molecule has 2 aromatic rings. The van der Waals surface area contributed by atoms with E-state index in [-0.39, 0.29) is 10.8 Å². The number of likely N-dealkylation sites (N-methyl/N-ethyl adjacent to an activating group) is 1. The Morgan fingerprint density at radius 2 is 1.81 bits per heavy atom. The highest BCUT2D eigenvalue weighted by molar-refractivity contribution is 7.89. The van der Waals surface area contributed by atoms with Gasteiger partial charge in [-0.3, -0.25) is 4.79 Å². The molecule has 0 bridgehead atoms. The third kappa shape index (κ3) is 6.97. The summed E-state index contributed by atoms with van der Waals surface area (Å²) in [6.45, 7) is 2.11. The second-order valence-electron chi connectivity index (χ2n) is 6.36. The van der Waals surface area contributed by atoms with Gasteiger partial charge in [-0.25, -0.2) is 18.5 Å². The number of nitrogens with two attached hydrogens (primary N) is 1. The van der Waals surface area contributed by atoms with E-state index in [1.165, 1.54) is 12.1 Å². The van der Waals surface area contributed by atoms with Gasteiger partial charge in [0.1, 0.15) is 5.69 Å². The van der Waals surface area contributed by atoms with Crippen molar-refractivity contribution in [3.8, 4) is 0 Å². The lowest BCUT2D eigenvalue weighted by Gasteiger charge is -2.11. The molecule has 4 N–H and O–H groups in total. The number of sulfonamides is 1. The van der Waals surface area contributed by atoms with Gasteiger partial charge in [0.2, 0.25) is 10.0 Å². The normalized spacial score (nSPS) is 11.4. The summed E-state index contributed by atoms with van der Waals surface area (Å²) in [5.74, 6) is -0.254. The second-order valence-corrected chi connectivity index (χ2v) is 7.92. The standard InChI is InChI=1S/C18H25N5O3S/c1-23(2)12-11-20-15-5-8-17(22-13-15)18(24)21-10-9-14-3-6-16(7-4-14)27(19,25)26/h3-8,13,20H,9-12H2,1-2H3,(H,21,24)(H2,19,25,26). The van der Waals surface area contributed by atoms with Gasteiger partial charge in [-0.1, -0.05) is 12.1 Å². The van der Waals surface area contributed by atoms with Crippen molar-refractivity contribution in [3.63, 3.8) is 0 Å². The molecule has 0 aliphatic rings. The molecule has 0 atom stereocenters. The highest BCUT2D eigenvalue weighted by Gasteiger charge is 2.08. The van der Waals surface area contributed by atoms with Crippen molar-refractivity contribution in [3.05, 3.63) is 53.9 Å². The van der Waals surface area contributed by atoms with Crippen LogP contribution in [0.4, 0.5) is 5.69 Å². The fraction of sp³-hybridized carbons (Fsp3) is 0.333. The Kier molecular flexibility index (Phi) is 7.28. The molecule has 9 heteroatoms. The zero-order chi connectivity index (χ0) is 19.9. The van der Waals surface area contributed by atoms with Crippen molar-refractivity contribution in [2.24, 2.45) is 5.14 Å². The Labute approximate surface area is 159 Å². The van der Waals surface area contributed by atoms with Gasteiger partial charge < -0.3 is 15.5 Å². The summed E-state index contributed by atoms with van der Waals surface area (Å²) >= 11 is 0. The van der Waals surface area contributed by atoms with Crippen molar-refractivity contribution in [1.82, 2.24) is 15.2 Å². The Morgan fingerprint density at radius 3 is 2.37 bits per heavy atom. The quantitative estimate of drug-likeness (QED) is 0.578. The number of aromatic nitrogens is 1. The maximum absolute atomic E-state index is 12.1. The second kappa shape index (κ2) is 9.45. The molecule has 2 rings (SSSR count). The maximum atomic E-state index is 12.1. The lowest BCUT2D eigenvalue weighted by Crippen LogP contribution is -2.26. The molecule has 1 aromatic carbocycles. The van der Waals surface area contributed by atoms with Gasteiger partial charge in [-0.05, 0) is 50.3 Å². The van der Waals surface area contributed by atoms with Gasteiger partial charge in [-0.15, -0.1) is 0 Å². The minimum absolute atomic E-state index is 0.0683. The van der Waals surface area contributed by atoms with Crippen LogP contribution in [0.15, 0.2) is 47.5 Å². The molecule has 0 unspecified atom stereocenters. The summed E-state index contributed by atoms with van der Waals surface area (Å²) in [5.41, 5.74) is 2.11. The molecule has 0 saturated heterocycles. The molecule has 0 aliphatic carbocycles. The number of amides is 1. The van der Waals surface area contributed by atoms with Gasteiger partial charge >= 0.3 is 0 Å². The van der Waals surface area contributed by atoms with E-state index in [4.69, 9.17) is 5.14 Å². The Hall–Kier alpha value is -2.49. The summed E-state index contributed by atoms with van der Waals surface area (Å²) in [6, 6.07) is 9.76. The molecule has 1 amide bonds. The molecule has 0 aliphatic heterocycles. The van der Waals surface area contributed by atoms with Crippen LogP contribution in [0.25, 0.3) is 0 Å². The average molecular weight is 391 g/mol. The zero-order valence-corrected chi connectivity index (χ0v) is 16.3. The molecule has 8 nitrogen and oxygen atoms in total. The molecule has 27 heavy (non-hydrogen) atoms. The summed E-state index contributed by atoms with van der Waals surface area (Å²) in [6.07, 6.45) is 2.21. The van der Waals surface area contributed by atoms with Gasteiger partial charge in [0.15, 0.2) is 0 Å². The van der Waals surface area contributed by atoms with Crippen LogP contribution < -0.4 is 15.8 Å². The van der Waals surface area contributed by atoms with Gasteiger partial charge in [0.25, 0.3) is 5.91 Å². The highest BCUT2D eigenvalue weighted by atomic mass is 32.2. The Bertz CT molecular complexity index is 850. The van der Waals surface area contributed by atoms with Crippen molar-refractivity contribution < 1.29 is 13.2 Å². The molecule has 0 fully saturated rings. The molecule has 0 saturated carbocycles. The number of rotatable bonds is 9. The lowest BCUT2D eigenvalue weighted by molar-refractivity contribution is 0.0949. The molecule has 1 heterocycles. The lowest BCUT2D eigenvalue weighted by atomic mass is 10.1. The third-order valence-electron chi connectivity index (χ3n) is 3.84. The average Bonchev–Trinajstić information content (AvgIpc) is 2.61. The third-order valence-corrected chi connectivity index (χ3v) is 4.76. The number of nitrogens with zero attached hydrogens (tertiary/aromatic N) is 2. The first kappa shape index (κ1) is 20.8. The number of carbonyl (C=O) groups excluding carboxylic acids is 1. The largest absolute Gasteiger partial charge is 0.383 e. The van der Waals surface area contributed by atoms with Crippen LogP contribution in [0.3, 0.4) is 0 Å². The van der Waals surface area contributed by atoms with E-state index in [9.17, 15) is 13.2 Å². The van der Waals surface area contributed by atoms with E-state index in [1.807, 2.05) is 20.2 Å². The predicted molar refractivity (Wildman–Crippen MR) is 105 cm³/mol. The number of anilines is 1. The van der Waals surface area contributed by atoms with Gasteiger partial charge in [0, 0.05) is 19.6 Å². The van der Waals surface area contributed by atoms with Crippen LogP contribution in [-0.2, 0) is 16.4 Å². The molecule has 0 spiro atoms. The number of hydrogen-bond acceptors (Lipinski definition) is 6. The fourth-order valence-corrected chi connectivity index (χ4v) is 2.83. The van der Waals surface area contributed by atoms with Crippen LogP contribution in [0.1, 0.15) is 16.1 Å². The summed E-state index contributed by atoms with van der Waals surface area (Å²) in [4.78, 5) is 18.5. The first-order valence-electron chi connectivity index (χ1n) is 8.50. The fourth-order valence-electron chi connectivity index (χ4n) is 2.31. The van der Waals surface area contributed by atoms with E-state index in [1.54, 1.807) is 24.4 Å². The first-order valence-corrected chi connectivity index (χ1v) is 10.0. The zero-order valence-electron chi connectivity index (χ0n) is 15.5. The topological polar surface area (TPSA) is 117 Å². The monoisotopic (exact) mass is 391 g/mol. The summed E-state index contributed by atoms with van der Waals surface area (Å²) in [5, 5.41) is 11.1. The van der Waals surface area contributed by atoms with E-state index < -0.39 is 10.0 Å². The SMILES string of the molecule is CN(C)CCNc1ccc(C(=O)NCCc2ccc(S(N)(=O)=O)cc2)nc1. The van der Waals surface area contributed by atoms with Crippen LogP contribution in [0.2, 0.25) is 0 Å². The summed E-state index contributed by atoms with van der Waals surface area (Å²) in [7, 11) is 0.315. The Balaban J connectivity index is 1.80. The van der Waals surface area contributed by atoms with E-state index in [0.29, 0.717) is 18.7 Å². The van der Waals surface area contributed by atoms with Crippen molar-refractivity contribution in [2.45, 2.75) is 11.3 Å². The number of benzene rings is 1. The number of hydrogen-bond donors (Lipinski definition) is 3. The minimum atomic E-state index is -3.69. The van der Waals surface area contributed by atoms with Gasteiger partial charge in [0.05, 0.1) is 16.8 Å². The minimum Gasteiger partial charge on any atom is -0.383 e. The summed E-state index contributed by atoms with van der Waals surface area (Å²) < 4.78 is 22.4. The maximum Gasteiger partial charge on any atom is 0.269 e. The van der Waals surface area contributed by atoms with Crippen LogP contribution >= 0.6 is 0 Å². The highest BCUT2D eigenvalue weighted by Crippen LogP contribution is 2.09. The smallest absolute Gasteiger partial charge is 0.269 e. The number of pyridine rings is 1. The number of primary sulfonamides is 1. The van der Waals surface area contributed by atoms with Gasteiger partial charge in [-0.2, -0.15) is 0 Å². The van der Waals surface area contributed by atoms with Crippen molar-refractivity contribution >= 4 is 21.6 Å². The van der Waals surface area contributed by atoms with E-state index in [2.05, 4.69) is 20.5 Å². The molecular formula is C18H25N5O3S. The Morgan fingerprint density at radius 1 is 1.11 bits per heavy atom. The predicted octanol–water partition coefficient (Wildman–Crippen LogP) is 0.675. The van der Waals surface area contributed by atoms with Crippen LogP contribution in [0, 0.1) is 0 Å². The van der Waals surface area contributed by atoms with Crippen molar-refractivity contribution in [1.29, 1.82) is 0 Å². The van der Waals surface area contributed by atoms with E-state index >= 15 is 0 Å². The van der Waals surface area contributed by atoms with Crippen LogP contribution in [-0.4, -0.2) is 57.9 Å². The van der Waals surface area contributed by atoms with E-state index in [0.717, 1.165) is 24.3 Å². The molecule has 0 radical (unpaired) electrons. The van der Waals surface area contributed by atoms with Crippen molar-refractivity contribution in [2.75, 3.05) is 39.0 Å². The number of carbonyl (C=O) groups is 1. The molecule has 146 valence electrons. The first-order chi connectivity index (χ1) is 12.8.